The van der Waals surface area contributed by atoms with E-state index in [0.29, 0.717) is 12.1 Å². The Hall–Kier alpha value is -0.670. The van der Waals surface area contributed by atoms with Crippen LogP contribution in [0.2, 0.25) is 0 Å². The molecule has 1 aromatic carbocycles. The van der Waals surface area contributed by atoms with Crippen molar-refractivity contribution in [1.29, 1.82) is 0 Å². The van der Waals surface area contributed by atoms with E-state index in [4.69, 9.17) is 4.74 Å². The maximum absolute atomic E-state index is 6.32. The van der Waals surface area contributed by atoms with Crippen LogP contribution in [-0.2, 0) is 0 Å². The first-order chi connectivity index (χ1) is 10.4. The molecular formula is C18H27NOS. The fraction of sp³-hybridized carbons (Fsp3) is 0.667. The van der Waals surface area contributed by atoms with Gasteiger partial charge in [-0.25, -0.2) is 0 Å². The molecule has 0 radical (unpaired) electrons. The molecule has 1 heterocycles. The van der Waals surface area contributed by atoms with Gasteiger partial charge in [0.25, 0.3) is 0 Å². The minimum absolute atomic E-state index is 0.317. The number of para-hydroxylation sites is 1. The first-order valence-corrected chi connectivity index (χ1v) is 9.47. The number of rotatable bonds is 6. The standard InChI is InChI=1S/C18H27NOS/c1-2-11-19-15(12-14-7-3-4-8-14)17-13-21-18-10-6-5-9-16(18)20-17/h5-6,9-10,14-15,17,19H,2-4,7-8,11-13H2,1H3. The van der Waals surface area contributed by atoms with Gasteiger partial charge in [-0.2, -0.15) is 0 Å². The lowest BCUT2D eigenvalue weighted by molar-refractivity contribution is 0.150. The van der Waals surface area contributed by atoms with E-state index in [-0.39, 0.29) is 0 Å². The molecule has 1 aliphatic carbocycles. The van der Waals surface area contributed by atoms with Crippen LogP contribution in [0.4, 0.5) is 0 Å². The van der Waals surface area contributed by atoms with Gasteiger partial charge >= 0.3 is 0 Å². The molecule has 1 N–H and O–H groups in total. The Labute approximate surface area is 133 Å². The van der Waals surface area contributed by atoms with Gasteiger partial charge in [0.05, 0.1) is 0 Å². The van der Waals surface area contributed by atoms with Crippen LogP contribution in [0.1, 0.15) is 45.4 Å². The van der Waals surface area contributed by atoms with Gasteiger partial charge in [-0.1, -0.05) is 44.7 Å². The Morgan fingerprint density at radius 3 is 2.90 bits per heavy atom. The van der Waals surface area contributed by atoms with Crippen LogP contribution in [0.5, 0.6) is 5.75 Å². The summed E-state index contributed by atoms with van der Waals surface area (Å²) in [6.07, 6.45) is 8.48. The SMILES string of the molecule is CCCNC(CC1CCCC1)C1CSc2ccccc2O1. The summed E-state index contributed by atoms with van der Waals surface area (Å²) in [5, 5.41) is 3.76. The van der Waals surface area contributed by atoms with Crippen molar-refractivity contribution in [2.24, 2.45) is 5.92 Å². The average molecular weight is 305 g/mol. The highest BCUT2D eigenvalue weighted by Crippen LogP contribution is 2.37. The molecule has 3 rings (SSSR count). The highest BCUT2D eigenvalue weighted by molar-refractivity contribution is 7.99. The van der Waals surface area contributed by atoms with Crippen LogP contribution in [-0.4, -0.2) is 24.4 Å². The average Bonchev–Trinajstić information content (AvgIpc) is 3.04. The molecule has 0 amide bonds. The van der Waals surface area contributed by atoms with Gasteiger partial charge in [0, 0.05) is 16.7 Å². The summed E-state index contributed by atoms with van der Waals surface area (Å²) in [5.74, 6) is 3.06. The van der Waals surface area contributed by atoms with Crippen LogP contribution < -0.4 is 10.1 Å². The van der Waals surface area contributed by atoms with Crippen LogP contribution in [0.3, 0.4) is 0 Å². The fourth-order valence-electron chi connectivity index (χ4n) is 3.54. The Kier molecular flexibility index (Phi) is 5.48. The van der Waals surface area contributed by atoms with Crippen LogP contribution in [0.25, 0.3) is 0 Å². The van der Waals surface area contributed by atoms with Crippen LogP contribution in [0.15, 0.2) is 29.2 Å². The van der Waals surface area contributed by atoms with Crippen molar-refractivity contribution in [1.82, 2.24) is 5.32 Å². The number of fused-ring (bicyclic) bond motifs is 1. The molecule has 2 nitrogen and oxygen atoms in total. The molecular weight excluding hydrogens is 278 g/mol. The van der Waals surface area contributed by atoms with Crippen molar-refractivity contribution < 1.29 is 4.74 Å². The van der Waals surface area contributed by atoms with Gasteiger partial charge in [-0.05, 0) is 37.4 Å². The van der Waals surface area contributed by atoms with Crippen molar-refractivity contribution >= 4 is 11.8 Å². The molecule has 0 aromatic heterocycles. The number of hydrogen-bond donors (Lipinski definition) is 1. The molecule has 2 unspecified atom stereocenters. The van der Waals surface area contributed by atoms with E-state index in [1.165, 1.54) is 43.4 Å². The molecule has 2 atom stereocenters. The highest BCUT2D eigenvalue weighted by Gasteiger charge is 2.30. The summed E-state index contributed by atoms with van der Waals surface area (Å²) >= 11 is 1.95. The molecule has 1 fully saturated rings. The summed E-state index contributed by atoms with van der Waals surface area (Å²) in [7, 11) is 0. The van der Waals surface area contributed by atoms with E-state index in [9.17, 15) is 0 Å². The second kappa shape index (κ2) is 7.55. The monoisotopic (exact) mass is 305 g/mol. The molecule has 116 valence electrons. The van der Waals surface area contributed by atoms with Crippen molar-refractivity contribution in [2.45, 2.75) is 62.5 Å². The molecule has 2 aliphatic rings. The van der Waals surface area contributed by atoms with Crippen molar-refractivity contribution in [3.05, 3.63) is 24.3 Å². The van der Waals surface area contributed by atoms with Gasteiger partial charge in [-0.3, -0.25) is 0 Å². The maximum atomic E-state index is 6.32. The summed E-state index contributed by atoms with van der Waals surface area (Å²) < 4.78 is 6.32. The van der Waals surface area contributed by atoms with Gasteiger partial charge in [-0.15, -0.1) is 11.8 Å². The second-order valence-corrected chi connectivity index (χ2v) is 7.42. The lowest BCUT2D eigenvalue weighted by atomic mass is 9.95. The number of hydrogen-bond acceptors (Lipinski definition) is 3. The maximum Gasteiger partial charge on any atom is 0.133 e. The minimum atomic E-state index is 0.317. The van der Waals surface area contributed by atoms with E-state index < -0.39 is 0 Å². The molecule has 1 aliphatic heterocycles. The van der Waals surface area contributed by atoms with Gasteiger partial charge in [0.1, 0.15) is 11.9 Å². The fourth-order valence-corrected chi connectivity index (χ4v) is 4.61. The van der Waals surface area contributed by atoms with E-state index in [1.54, 1.807) is 0 Å². The third kappa shape index (κ3) is 3.95. The Balaban J connectivity index is 1.65. The summed E-state index contributed by atoms with van der Waals surface area (Å²) in [5.41, 5.74) is 0. The lowest BCUT2D eigenvalue weighted by Gasteiger charge is -2.33. The molecule has 1 aromatic rings. The number of nitrogens with one attached hydrogen (secondary N) is 1. The van der Waals surface area contributed by atoms with Crippen molar-refractivity contribution in [3.8, 4) is 5.75 Å². The lowest BCUT2D eigenvalue weighted by Crippen LogP contribution is -2.46. The topological polar surface area (TPSA) is 21.3 Å². The number of benzene rings is 1. The molecule has 21 heavy (non-hydrogen) atoms. The second-order valence-electron chi connectivity index (χ2n) is 6.36. The summed E-state index contributed by atoms with van der Waals surface area (Å²) in [6.45, 7) is 3.34. The number of ether oxygens (including phenoxy) is 1. The van der Waals surface area contributed by atoms with Crippen molar-refractivity contribution in [3.63, 3.8) is 0 Å². The molecule has 1 saturated carbocycles. The Morgan fingerprint density at radius 1 is 1.29 bits per heavy atom. The van der Waals surface area contributed by atoms with E-state index in [0.717, 1.165) is 24.0 Å². The summed E-state index contributed by atoms with van der Waals surface area (Å²) in [4.78, 5) is 1.30. The third-order valence-corrected chi connectivity index (χ3v) is 5.84. The molecule has 0 spiro atoms. The van der Waals surface area contributed by atoms with Crippen LogP contribution in [0, 0.1) is 5.92 Å². The first-order valence-electron chi connectivity index (χ1n) is 8.48. The van der Waals surface area contributed by atoms with Gasteiger partial charge in [0.15, 0.2) is 0 Å². The predicted molar refractivity (Wildman–Crippen MR) is 90.2 cm³/mol. The van der Waals surface area contributed by atoms with E-state index >= 15 is 0 Å². The van der Waals surface area contributed by atoms with E-state index in [2.05, 4.69) is 36.5 Å². The molecule has 0 bridgehead atoms. The normalized spacial score (nSPS) is 23.6. The predicted octanol–water partition coefficient (Wildman–Crippen LogP) is 4.49. The smallest absolute Gasteiger partial charge is 0.133 e. The van der Waals surface area contributed by atoms with Crippen LogP contribution >= 0.6 is 11.8 Å². The first kappa shape index (κ1) is 15.2. The molecule has 3 heteroatoms. The van der Waals surface area contributed by atoms with Gasteiger partial charge < -0.3 is 10.1 Å². The van der Waals surface area contributed by atoms with Crippen molar-refractivity contribution in [2.75, 3.05) is 12.3 Å². The minimum Gasteiger partial charge on any atom is -0.487 e. The zero-order valence-electron chi connectivity index (χ0n) is 13.0. The Bertz CT molecular complexity index is 445. The molecule has 0 saturated heterocycles. The number of thioether (sulfide) groups is 1. The largest absolute Gasteiger partial charge is 0.487 e. The third-order valence-electron chi connectivity index (χ3n) is 4.70. The zero-order chi connectivity index (χ0) is 14.5. The highest BCUT2D eigenvalue weighted by atomic mass is 32.2. The van der Waals surface area contributed by atoms with E-state index in [1.807, 2.05) is 11.8 Å². The van der Waals surface area contributed by atoms with Gasteiger partial charge in [0.2, 0.25) is 0 Å². The Morgan fingerprint density at radius 2 is 2.10 bits per heavy atom. The quantitative estimate of drug-likeness (QED) is 0.837. The summed E-state index contributed by atoms with van der Waals surface area (Å²) in [6, 6.07) is 8.96. The zero-order valence-corrected chi connectivity index (χ0v) is 13.8.